The molecule has 0 unspecified atom stereocenters. The molecule has 1 atom stereocenters. The van der Waals surface area contributed by atoms with Gasteiger partial charge in [-0.15, -0.1) is 0 Å². The van der Waals surface area contributed by atoms with Crippen LogP contribution in [0.3, 0.4) is 0 Å². The Morgan fingerprint density at radius 2 is 1.61 bits per heavy atom. The van der Waals surface area contributed by atoms with Gasteiger partial charge < -0.3 is 10.6 Å². The smallest absolute Gasteiger partial charge is 0.319 e. The predicted molar refractivity (Wildman–Crippen MR) is 136 cm³/mol. The molecule has 1 aromatic heterocycles. The Bertz CT molecular complexity index is 1580. The summed E-state index contributed by atoms with van der Waals surface area (Å²) in [5.74, 6) is -1.18. The molecule has 9 heteroatoms. The quantitative estimate of drug-likeness (QED) is 0.426. The van der Waals surface area contributed by atoms with Gasteiger partial charge in [0.25, 0.3) is 11.5 Å². The second kappa shape index (κ2) is 8.53. The van der Waals surface area contributed by atoms with E-state index in [0.29, 0.717) is 16.9 Å². The number of urea groups is 1. The third kappa shape index (κ3) is 3.56. The molecule has 1 aliphatic rings. The molecule has 182 valence electrons. The molecule has 0 radical (unpaired) electrons. The van der Waals surface area contributed by atoms with Gasteiger partial charge in [-0.1, -0.05) is 60.7 Å². The molecule has 1 saturated heterocycles. The zero-order chi connectivity index (χ0) is 25.6. The lowest BCUT2D eigenvalue weighted by Crippen LogP contribution is -2.42. The number of fused-ring (bicyclic) bond motifs is 1. The lowest BCUT2D eigenvalue weighted by Gasteiger charge is -2.24. The topological polar surface area (TPSA) is 105 Å². The van der Waals surface area contributed by atoms with Crippen molar-refractivity contribution >= 4 is 34.3 Å². The summed E-state index contributed by atoms with van der Waals surface area (Å²) in [5.41, 5.74) is 0.179. The van der Waals surface area contributed by atoms with Crippen LogP contribution in [0.1, 0.15) is 18.2 Å². The molecule has 1 fully saturated rings. The van der Waals surface area contributed by atoms with Crippen LogP contribution in [0.25, 0.3) is 16.5 Å². The van der Waals surface area contributed by atoms with Gasteiger partial charge >= 0.3 is 6.03 Å². The third-order valence-electron chi connectivity index (χ3n) is 6.72. The van der Waals surface area contributed by atoms with Gasteiger partial charge in [-0.2, -0.15) is 0 Å². The maximum atomic E-state index is 13.4. The molecule has 0 spiro atoms. The minimum atomic E-state index is -1.33. The monoisotopic (exact) mass is 483 g/mol. The lowest BCUT2D eigenvalue weighted by atomic mass is 9.88. The van der Waals surface area contributed by atoms with Crippen LogP contribution in [0.5, 0.6) is 0 Å². The number of carbonyl (C=O) groups is 3. The summed E-state index contributed by atoms with van der Waals surface area (Å²) in [6, 6.07) is 21.5. The highest BCUT2D eigenvalue weighted by molar-refractivity contribution is 6.11. The van der Waals surface area contributed by atoms with Gasteiger partial charge in [0.05, 0.1) is 11.4 Å². The van der Waals surface area contributed by atoms with Gasteiger partial charge in [0, 0.05) is 7.05 Å². The van der Waals surface area contributed by atoms with Crippen molar-refractivity contribution in [2.24, 2.45) is 7.05 Å². The molecule has 4 amide bonds. The molecular formula is C27H25N5O4. The van der Waals surface area contributed by atoms with Crippen LogP contribution >= 0.6 is 0 Å². The maximum absolute atomic E-state index is 13.4. The number of nitrogens with zero attached hydrogens (tertiary/aromatic N) is 3. The first-order valence-electron chi connectivity index (χ1n) is 11.5. The van der Waals surface area contributed by atoms with Gasteiger partial charge in [0.15, 0.2) is 0 Å². The van der Waals surface area contributed by atoms with Gasteiger partial charge in [0.2, 0.25) is 5.91 Å². The highest BCUT2D eigenvalue weighted by atomic mass is 16.2. The molecule has 36 heavy (non-hydrogen) atoms. The minimum absolute atomic E-state index is 0.0928. The van der Waals surface area contributed by atoms with Crippen LogP contribution in [0, 0.1) is 6.92 Å². The van der Waals surface area contributed by atoms with E-state index in [9.17, 15) is 19.2 Å². The number of aromatic nitrogens is 2. The van der Waals surface area contributed by atoms with Crippen LogP contribution < -0.4 is 16.2 Å². The fourth-order valence-corrected chi connectivity index (χ4v) is 4.72. The molecule has 1 aliphatic heterocycles. The van der Waals surface area contributed by atoms with E-state index in [2.05, 4.69) is 10.6 Å². The van der Waals surface area contributed by atoms with E-state index in [0.717, 1.165) is 15.7 Å². The van der Waals surface area contributed by atoms with Crippen LogP contribution in [0.15, 0.2) is 77.6 Å². The van der Waals surface area contributed by atoms with Crippen LogP contribution in [-0.2, 0) is 22.2 Å². The number of nitrogens with one attached hydrogen (secondary N) is 2. The Hall–Kier alpha value is -4.66. The summed E-state index contributed by atoms with van der Waals surface area (Å²) in [7, 11) is 1.71. The largest absolute Gasteiger partial charge is 0.325 e. The molecule has 0 bridgehead atoms. The summed E-state index contributed by atoms with van der Waals surface area (Å²) in [6.45, 7) is 2.82. The van der Waals surface area contributed by atoms with Crippen molar-refractivity contribution in [3.8, 4) is 5.69 Å². The Morgan fingerprint density at radius 3 is 2.36 bits per heavy atom. The first-order chi connectivity index (χ1) is 17.2. The Labute approximate surface area is 206 Å². The van der Waals surface area contributed by atoms with Crippen molar-refractivity contribution in [1.82, 2.24) is 19.6 Å². The van der Waals surface area contributed by atoms with Crippen molar-refractivity contribution in [3.63, 3.8) is 0 Å². The Morgan fingerprint density at radius 1 is 0.944 bits per heavy atom. The van der Waals surface area contributed by atoms with Gasteiger partial charge in [-0.3, -0.25) is 24.0 Å². The summed E-state index contributed by atoms with van der Waals surface area (Å²) in [5, 5.41) is 7.13. The number of anilines is 1. The Balaban J connectivity index is 1.40. The molecule has 2 heterocycles. The number of benzene rings is 3. The fraction of sp³-hybridized carbons (Fsp3) is 0.185. The number of rotatable bonds is 5. The molecule has 4 aromatic rings. The third-order valence-corrected chi connectivity index (χ3v) is 6.72. The number of amides is 4. The molecular weight excluding hydrogens is 458 g/mol. The number of para-hydroxylation sites is 1. The van der Waals surface area contributed by atoms with Crippen LogP contribution in [0.2, 0.25) is 0 Å². The highest BCUT2D eigenvalue weighted by Gasteiger charge is 2.50. The van der Waals surface area contributed by atoms with E-state index in [4.69, 9.17) is 0 Å². The van der Waals surface area contributed by atoms with Gasteiger partial charge in [0.1, 0.15) is 17.8 Å². The summed E-state index contributed by atoms with van der Waals surface area (Å²) >= 11 is 0. The Kier molecular flexibility index (Phi) is 5.47. The highest BCUT2D eigenvalue weighted by Crippen LogP contribution is 2.33. The number of hydrogen-bond donors (Lipinski definition) is 2. The predicted octanol–water partition coefficient (Wildman–Crippen LogP) is 3.04. The normalized spacial score (nSPS) is 17.5. The average Bonchev–Trinajstić information content (AvgIpc) is 3.22. The van der Waals surface area contributed by atoms with Crippen LogP contribution in [-0.4, -0.2) is 38.7 Å². The van der Waals surface area contributed by atoms with E-state index in [1.807, 2.05) is 54.6 Å². The zero-order valence-corrected chi connectivity index (χ0v) is 20.1. The van der Waals surface area contributed by atoms with Crippen molar-refractivity contribution in [3.05, 3.63) is 94.4 Å². The van der Waals surface area contributed by atoms with Crippen molar-refractivity contribution in [2.75, 3.05) is 11.9 Å². The number of imide groups is 1. The van der Waals surface area contributed by atoms with Crippen molar-refractivity contribution in [2.45, 2.75) is 19.4 Å². The zero-order valence-electron chi connectivity index (χ0n) is 20.1. The van der Waals surface area contributed by atoms with E-state index < -0.39 is 35.5 Å². The SMILES string of the molecule is Cc1c(NC(=O)CN2C(=O)N[C@](C)(c3cccc4ccccc34)C2=O)c(=O)n(-c2ccccc2)n1C. The van der Waals surface area contributed by atoms with Crippen LogP contribution in [0.4, 0.5) is 10.5 Å². The molecule has 0 saturated carbocycles. The minimum Gasteiger partial charge on any atom is -0.319 e. The van der Waals surface area contributed by atoms with Gasteiger partial charge in [-0.05, 0) is 42.3 Å². The van der Waals surface area contributed by atoms with E-state index in [1.165, 1.54) is 4.68 Å². The lowest BCUT2D eigenvalue weighted by molar-refractivity contribution is -0.133. The standard InChI is InChI=1S/C27H25N5O4/c1-17-23(24(34)32(30(17)3)19-12-5-4-6-13-19)28-22(33)16-31-25(35)27(2,29-26(31)36)21-15-9-11-18-10-7-8-14-20(18)21/h4-15H,16H2,1-3H3,(H,28,33)(H,29,36)/t27-/m1/s1. The molecule has 0 aliphatic carbocycles. The van der Waals surface area contributed by atoms with E-state index in [1.54, 1.807) is 43.8 Å². The summed E-state index contributed by atoms with van der Waals surface area (Å²) in [6.07, 6.45) is 0. The fourth-order valence-electron chi connectivity index (χ4n) is 4.72. The maximum Gasteiger partial charge on any atom is 0.325 e. The first-order valence-corrected chi connectivity index (χ1v) is 11.5. The van der Waals surface area contributed by atoms with Gasteiger partial charge in [-0.25, -0.2) is 9.48 Å². The number of carbonyl (C=O) groups excluding carboxylic acids is 3. The first kappa shape index (κ1) is 23.1. The van der Waals surface area contributed by atoms with Crippen molar-refractivity contribution in [1.29, 1.82) is 0 Å². The molecule has 2 N–H and O–H groups in total. The van der Waals surface area contributed by atoms with Crippen molar-refractivity contribution < 1.29 is 14.4 Å². The summed E-state index contributed by atoms with van der Waals surface area (Å²) in [4.78, 5) is 53.2. The van der Waals surface area contributed by atoms with E-state index in [-0.39, 0.29) is 5.69 Å². The number of hydrogen-bond acceptors (Lipinski definition) is 4. The molecule has 5 rings (SSSR count). The van der Waals surface area contributed by atoms with E-state index >= 15 is 0 Å². The average molecular weight is 484 g/mol. The second-order valence-electron chi connectivity index (χ2n) is 8.96. The molecule has 3 aromatic carbocycles. The second-order valence-corrected chi connectivity index (χ2v) is 8.96. The summed E-state index contributed by atoms with van der Waals surface area (Å²) < 4.78 is 3.08. The molecule has 9 nitrogen and oxygen atoms in total.